The molecule has 0 atom stereocenters. The van der Waals surface area contributed by atoms with Gasteiger partial charge in [0.1, 0.15) is 0 Å². The molecule has 2 rings (SSSR count). The fourth-order valence-electron chi connectivity index (χ4n) is 1.94. The summed E-state index contributed by atoms with van der Waals surface area (Å²) < 4.78 is 4.61. The van der Waals surface area contributed by atoms with Crippen LogP contribution >= 0.6 is 0 Å². The quantitative estimate of drug-likeness (QED) is 0.752. The topological polar surface area (TPSA) is 96.5 Å². The minimum absolute atomic E-state index is 0.163. The Bertz CT molecular complexity index is 739. The number of urea groups is 1. The Hall–Kier alpha value is -3.35. The fourth-order valence-corrected chi connectivity index (χ4v) is 1.94. The summed E-state index contributed by atoms with van der Waals surface area (Å²) in [5, 5.41) is 7.95. The molecule has 0 saturated heterocycles. The lowest BCUT2D eigenvalue weighted by Gasteiger charge is -2.09. The highest BCUT2D eigenvalue weighted by Crippen LogP contribution is 2.15. The maximum absolute atomic E-state index is 11.9. The van der Waals surface area contributed by atoms with Crippen LogP contribution in [0.4, 0.5) is 21.9 Å². The zero-order valence-corrected chi connectivity index (χ0v) is 13.3. The van der Waals surface area contributed by atoms with E-state index in [-0.39, 0.29) is 5.91 Å². The second-order valence-corrected chi connectivity index (χ2v) is 4.91. The predicted octanol–water partition coefficient (Wildman–Crippen LogP) is 3.08. The van der Waals surface area contributed by atoms with Gasteiger partial charge in [-0.2, -0.15) is 0 Å². The Labute approximate surface area is 139 Å². The van der Waals surface area contributed by atoms with Crippen LogP contribution in [0.1, 0.15) is 17.3 Å². The summed E-state index contributed by atoms with van der Waals surface area (Å²) in [6.45, 7) is 1.42. The monoisotopic (exact) mass is 327 g/mol. The standard InChI is InChI=1S/C17H17N3O4/c1-11(21)18-13-7-9-15(10-8-13)20-17(23)19-14-5-3-12(4-6-14)16(22)24-2/h3-10H,1-2H3,(H,18,21)(H2,19,20,23). The first kappa shape index (κ1) is 17.0. The Kier molecular flexibility index (Phi) is 5.51. The number of methoxy groups -OCH3 is 1. The van der Waals surface area contributed by atoms with Crippen molar-refractivity contribution in [2.45, 2.75) is 6.92 Å². The highest BCUT2D eigenvalue weighted by Gasteiger charge is 2.06. The summed E-state index contributed by atoms with van der Waals surface area (Å²) >= 11 is 0. The van der Waals surface area contributed by atoms with E-state index in [0.717, 1.165) is 0 Å². The van der Waals surface area contributed by atoms with E-state index in [4.69, 9.17) is 0 Å². The number of rotatable bonds is 4. The molecular weight excluding hydrogens is 310 g/mol. The van der Waals surface area contributed by atoms with Crippen LogP contribution in [0.5, 0.6) is 0 Å². The molecular formula is C17H17N3O4. The van der Waals surface area contributed by atoms with Crippen molar-refractivity contribution < 1.29 is 19.1 Å². The summed E-state index contributed by atoms with van der Waals surface area (Å²) in [5.74, 6) is -0.603. The van der Waals surface area contributed by atoms with Gasteiger partial charge in [-0.3, -0.25) is 4.79 Å². The first-order valence-corrected chi connectivity index (χ1v) is 7.12. The van der Waals surface area contributed by atoms with Gasteiger partial charge < -0.3 is 20.7 Å². The molecule has 0 aromatic heterocycles. The minimum Gasteiger partial charge on any atom is -0.465 e. The van der Waals surface area contributed by atoms with Gasteiger partial charge >= 0.3 is 12.0 Å². The lowest BCUT2D eigenvalue weighted by Crippen LogP contribution is -2.19. The maximum Gasteiger partial charge on any atom is 0.337 e. The van der Waals surface area contributed by atoms with Crippen molar-refractivity contribution in [2.24, 2.45) is 0 Å². The molecule has 7 nitrogen and oxygen atoms in total. The van der Waals surface area contributed by atoms with Crippen molar-refractivity contribution in [3.8, 4) is 0 Å². The van der Waals surface area contributed by atoms with Gasteiger partial charge in [-0.05, 0) is 48.5 Å². The molecule has 0 fully saturated rings. The molecule has 0 bridgehead atoms. The van der Waals surface area contributed by atoms with E-state index in [1.807, 2.05) is 0 Å². The van der Waals surface area contributed by atoms with Crippen LogP contribution in [0.3, 0.4) is 0 Å². The largest absolute Gasteiger partial charge is 0.465 e. The number of esters is 1. The van der Waals surface area contributed by atoms with Crippen molar-refractivity contribution in [3.63, 3.8) is 0 Å². The van der Waals surface area contributed by atoms with Crippen LogP contribution in [0.15, 0.2) is 48.5 Å². The lowest BCUT2D eigenvalue weighted by atomic mass is 10.2. The Morgan fingerprint density at radius 1 is 0.750 bits per heavy atom. The highest BCUT2D eigenvalue weighted by molar-refractivity contribution is 6.00. The van der Waals surface area contributed by atoms with E-state index in [9.17, 15) is 14.4 Å². The average molecular weight is 327 g/mol. The smallest absolute Gasteiger partial charge is 0.337 e. The molecule has 3 N–H and O–H groups in total. The Balaban J connectivity index is 1.93. The summed E-state index contributed by atoms with van der Waals surface area (Å²) in [4.78, 5) is 34.2. The normalized spacial score (nSPS) is 9.75. The number of carbonyl (C=O) groups is 3. The second-order valence-electron chi connectivity index (χ2n) is 4.91. The van der Waals surface area contributed by atoms with Gasteiger partial charge in [0.15, 0.2) is 0 Å². The molecule has 0 saturated carbocycles. The number of nitrogens with one attached hydrogen (secondary N) is 3. The summed E-state index contributed by atoms with van der Waals surface area (Å²) in [5.41, 5.74) is 2.16. The van der Waals surface area contributed by atoms with Crippen LogP contribution in [0, 0.1) is 0 Å². The van der Waals surface area contributed by atoms with Crippen LogP contribution in [0.25, 0.3) is 0 Å². The molecule has 124 valence electrons. The Morgan fingerprint density at radius 2 is 1.17 bits per heavy atom. The molecule has 0 aliphatic carbocycles. The van der Waals surface area contributed by atoms with Gasteiger partial charge in [0.05, 0.1) is 12.7 Å². The van der Waals surface area contributed by atoms with E-state index in [1.165, 1.54) is 14.0 Å². The number of benzene rings is 2. The summed E-state index contributed by atoms with van der Waals surface area (Å²) in [6, 6.07) is 12.6. The van der Waals surface area contributed by atoms with Crippen molar-refractivity contribution >= 4 is 35.0 Å². The van der Waals surface area contributed by atoms with Crippen molar-refractivity contribution in [2.75, 3.05) is 23.1 Å². The summed E-state index contributed by atoms with van der Waals surface area (Å²) in [7, 11) is 1.30. The fraction of sp³-hybridized carbons (Fsp3) is 0.118. The van der Waals surface area contributed by atoms with E-state index in [0.29, 0.717) is 22.6 Å². The molecule has 0 heterocycles. The number of anilines is 3. The number of ether oxygens (including phenoxy) is 1. The molecule has 0 aliphatic rings. The second kappa shape index (κ2) is 7.77. The van der Waals surface area contributed by atoms with Crippen molar-refractivity contribution in [1.82, 2.24) is 0 Å². The van der Waals surface area contributed by atoms with E-state index in [1.54, 1.807) is 48.5 Å². The van der Waals surface area contributed by atoms with Gasteiger partial charge in [-0.25, -0.2) is 9.59 Å². The molecule has 2 aromatic carbocycles. The van der Waals surface area contributed by atoms with Gasteiger partial charge in [-0.15, -0.1) is 0 Å². The van der Waals surface area contributed by atoms with Crippen LogP contribution in [0.2, 0.25) is 0 Å². The number of amides is 3. The Morgan fingerprint density at radius 3 is 1.58 bits per heavy atom. The van der Waals surface area contributed by atoms with Crippen LogP contribution < -0.4 is 16.0 Å². The van der Waals surface area contributed by atoms with Crippen molar-refractivity contribution in [1.29, 1.82) is 0 Å². The molecule has 0 radical (unpaired) electrons. The third-order valence-corrected chi connectivity index (χ3v) is 3.03. The zero-order valence-electron chi connectivity index (χ0n) is 13.3. The van der Waals surface area contributed by atoms with E-state index in [2.05, 4.69) is 20.7 Å². The molecule has 7 heteroatoms. The van der Waals surface area contributed by atoms with Crippen LogP contribution in [-0.4, -0.2) is 25.0 Å². The number of hydrogen-bond acceptors (Lipinski definition) is 4. The van der Waals surface area contributed by atoms with Gasteiger partial charge in [0.25, 0.3) is 0 Å². The lowest BCUT2D eigenvalue weighted by molar-refractivity contribution is -0.114. The highest BCUT2D eigenvalue weighted by atomic mass is 16.5. The predicted molar refractivity (Wildman–Crippen MR) is 91.2 cm³/mol. The molecule has 24 heavy (non-hydrogen) atoms. The van der Waals surface area contributed by atoms with Crippen molar-refractivity contribution in [3.05, 3.63) is 54.1 Å². The zero-order chi connectivity index (χ0) is 17.5. The minimum atomic E-state index is -0.440. The molecule has 0 aliphatic heterocycles. The van der Waals surface area contributed by atoms with Gasteiger partial charge in [-0.1, -0.05) is 0 Å². The maximum atomic E-state index is 11.9. The third-order valence-electron chi connectivity index (χ3n) is 3.03. The average Bonchev–Trinajstić information content (AvgIpc) is 2.56. The van der Waals surface area contributed by atoms with Gasteiger partial charge in [0.2, 0.25) is 5.91 Å². The first-order valence-electron chi connectivity index (χ1n) is 7.12. The molecule has 2 aromatic rings. The molecule has 3 amide bonds. The molecule has 0 spiro atoms. The number of carbonyl (C=O) groups excluding carboxylic acids is 3. The summed E-state index contributed by atoms with van der Waals surface area (Å²) in [6.07, 6.45) is 0. The van der Waals surface area contributed by atoms with E-state index < -0.39 is 12.0 Å². The number of hydrogen-bond donors (Lipinski definition) is 3. The molecule has 0 unspecified atom stereocenters. The first-order chi connectivity index (χ1) is 11.5. The van der Waals surface area contributed by atoms with Crippen LogP contribution in [-0.2, 0) is 9.53 Å². The van der Waals surface area contributed by atoms with Gasteiger partial charge in [0, 0.05) is 24.0 Å². The third kappa shape index (κ3) is 4.84. The SMILES string of the molecule is COC(=O)c1ccc(NC(=O)Nc2ccc(NC(C)=O)cc2)cc1. The van der Waals surface area contributed by atoms with E-state index >= 15 is 0 Å².